The van der Waals surface area contributed by atoms with Crippen molar-refractivity contribution in [3.8, 4) is 0 Å². The predicted molar refractivity (Wildman–Crippen MR) is 82.9 cm³/mol. The Morgan fingerprint density at radius 2 is 2.16 bits per heavy atom. The molecule has 1 fully saturated rings. The lowest BCUT2D eigenvalue weighted by Gasteiger charge is -2.29. The molecule has 1 saturated carbocycles. The zero-order valence-electron chi connectivity index (χ0n) is 11.4. The van der Waals surface area contributed by atoms with Crippen molar-refractivity contribution in [2.45, 2.75) is 43.9 Å². The topological polar surface area (TPSA) is 17.1 Å². The van der Waals surface area contributed by atoms with Gasteiger partial charge in [0, 0.05) is 15.8 Å². The van der Waals surface area contributed by atoms with E-state index in [1.165, 1.54) is 19.3 Å². The molecule has 0 heterocycles. The highest BCUT2D eigenvalue weighted by Gasteiger charge is 2.29. The Bertz CT molecular complexity index is 433. The van der Waals surface area contributed by atoms with Crippen molar-refractivity contribution in [2.75, 3.05) is 5.75 Å². The summed E-state index contributed by atoms with van der Waals surface area (Å²) in [4.78, 5) is 13.5. The summed E-state index contributed by atoms with van der Waals surface area (Å²) in [7, 11) is 0. The molecule has 0 amide bonds. The zero-order chi connectivity index (χ0) is 13.7. The van der Waals surface area contributed by atoms with Crippen LogP contribution < -0.4 is 0 Å². The minimum Gasteiger partial charge on any atom is -0.298 e. The van der Waals surface area contributed by atoms with Gasteiger partial charge in [-0.1, -0.05) is 43.9 Å². The summed E-state index contributed by atoms with van der Waals surface area (Å²) in [6.45, 7) is 2.21. The van der Waals surface area contributed by atoms with Gasteiger partial charge in [0.1, 0.15) is 5.78 Å². The van der Waals surface area contributed by atoms with E-state index in [0.29, 0.717) is 23.4 Å². The Balaban J connectivity index is 1.89. The van der Waals surface area contributed by atoms with Crippen molar-refractivity contribution < 1.29 is 4.79 Å². The minimum atomic E-state index is 0.297. The lowest BCUT2D eigenvalue weighted by molar-refractivity contribution is -0.123. The average Bonchev–Trinajstić information content (AvgIpc) is 2.45. The van der Waals surface area contributed by atoms with Crippen LogP contribution in [0.1, 0.15) is 39.0 Å². The molecule has 1 aliphatic carbocycles. The molecule has 2 unspecified atom stereocenters. The van der Waals surface area contributed by atoms with Crippen molar-refractivity contribution in [1.29, 1.82) is 0 Å². The van der Waals surface area contributed by atoms with Gasteiger partial charge in [-0.15, -0.1) is 11.8 Å². The molecule has 19 heavy (non-hydrogen) atoms. The third-order valence-electron chi connectivity index (χ3n) is 4.02. The predicted octanol–water partition coefficient (Wildman–Crippen LogP) is 5.22. The van der Waals surface area contributed by atoms with Crippen molar-refractivity contribution >= 4 is 29.1 Å². The van der Waals surface area contributed by atoms with E-state index in [2.05, 4.69) is 6.92 Å². The summed E-state index contributed by atoms with van der Waals surface area (Å²) in [5, 5.41) is 0.738. The number of thioether (sulfide) groups is 1. The second-order valence-corrected chi connectivity index (χ2v) is 6.76. The van der Waals surface area contributed by atoms with Gasteiger partial charge in [0.25, 0.3) is 0 Å². The summed E-state index contributed by atoms with van der Waals surface area (Å²) in [6, 6.07) is 7.74. The molecule has 3 heteroatoms. The van der Waals surface area contributed by atoms with Crippen molar-refractivity contribution in [2.24, 2.45) is 11.8 Å². The number of halogens is 1. The molecular formula is C16H21ClOS. The minimum absolute atomic E-state index is 0.297. The van der Waals surface area contributed by atoms with Crippen LogP contribution in [0.4, 0.5) is 0 Å². The number of hydrogen-bond acceptors (Lipinski definition) is 2. The van der Waals surface area contributed by atoms with Crippen LogP contribution in [0.5, 0.6) is 0 Å². The van der Waals surface area contributed by atoms with E-state index in [1.54, 1.807) is 11.8 Å². The van der Waals surface area contributed by atoms with E-state index in [9.17, 15) is 4.79 Å². The number of benzene rings is 1. The van der Waals surface area contributed by atoms with Crippen LogP contribution in [0.25, 0.3) is 0 Å². The van der Waals surface area contributed by atoms with Gasteiger partial charge in [-0.3, -0.25) is 4.79 Å². The lowest BCUT2D eigenvalue weighted by Crippen LogP contribution is -2.28. The molecule has 104 valence electrons. The summed E-state index contributed by atoms with van der Waals surface area (Å²) in [5.41, 5.74) is 0. The molecule has 1 aliphatic rings. The number of ketones is 1. The molecule has 1 aromatic rings. The third kappa shape index (κ3) is 4.25. The number of hydrogen-bond donors (Lipinski definition) is 0. The Hall–Kier alpha value is -0.470. The highest BCUT2D eigenvalue weighted by Crippen LogP contribution is 2.34. The first-order chi connectivity index (χ1) is 9.20. The van der Waals surface area contributed by atoms with Gasteiger partial charge in [0.05, 0.1) is 5.75 Å². The van der Waals surface area contributed by atoms with Gasteiger partial charge in [0.2, 0.25) is 0 Å². The van der Waals surface area contributed by atoms with E-state index in [-0.39, 0.29) is 0 Å². The smallest absolute Gasteiger partial charge is 0.146 e. The molecule has 1 nitrogen and oxygen atoms in total. The van der Waals surface area contributed by atoms with E-state index in [1.807, 2.05) is 24.3 Å². The largest absolute Gasteiger partial charge is 0.298 e. The maximum absolute atomic E-state index is 12.4. The fraction of sp³-hybridized carbons (Fsp3) is 0.562. The molecule has 0 aromatic heterocycles. The zero-order valence-corrected chi connectivity index (χ0v) is 13.0. The number of carbonyl (C=O) groups excluding carboxylic acids is 1. The maximum Gasteiger partial charge on any atom is 0.146 e. The van der Waals surface area contributed by atoms with Crippen molar-refractivity contribution in [3.63, 3.8) is 0 Å². The van der Waals surface area contributed by atoms with Crippen LogP contribution in [0, 0.1) is 11.8 Å². The van der Waals surface area contributed by atoms with Gasteiger partial charge >= 0.3 is 0 Å². The fourth-order valence-electron chi connectivity index (χ4n) is 2.94. The number of Topliss-reactive ketones (excluding diaryl/α,β-unsaturated/α-hetero) is 1. The lowest BCUT2D eigenvalue weighted by atomic mass is 9.76. The first kappa shape index (κ1) is 14.9. The summed E-state index contributed by atoms with van der Waals surface area (Å²) < 4.78 is 0. The second kappa shape index (κ2) is 7.35. The number of rotatable bonds is 5. The van der Waals surface area contributed by atoms with Gasteiger partial charge in [0.15, 0.2) is 0 Å². The second-order valence-electron chi connectivity index (χ2n) is 5.27. The highest BCUT2D eigenvalue weighted by atomic mass is 35.5. The summed E-state index contributed by atoms with van der Waals surface area (Å²) in [6.07, 6.45) is 5.97. The van der Waals surface area contributed by atoms with Crippen LogP contribution in [0.2, 0.25) is 5.02 Å². The highest BCUT2D eigenvalue weighted by molar-refractivity contribution is 8.00. The molecule has 0 bridgehead atoms. The molecule has 0 saturated heterocycles. The summed E-state index contributed by atoms with van der Waals surface area (Å²) in [5.74, 6) is 1.92. The Morgan fingerprint density at radius 3 is 2.89 bits per heavy atom. The van der Waals surface area contributed by atoms with Gasteiger partial charge in [-0.25, -0.2) is 0 Å². The van der Waals surface area contributed by atoms with Crippen molar-refractivity contribution in [1.82, 2.24) is 0 Å². The fourth-order valence-corrected chi connectivity index (χ4v) is 4.10. The van der Waals surface area contributed by atoms with E-state index < -0.39 is 0 Å². The maximum atomic E-state index is 12.4. The Labute approximate surface area is 125 Å². The molecule has 0 radical (unpaired) electrons. The SMILES string of the molecule is CCC1CCCCC1C(=O)CSc1cccc(Cl)c1. The number of carbonyl (C=O) groups is 1. The molecule has 0 N–H and O–H groups in total. The van der Waals surface area contributed by atoms with Crippen LogP contribution >= 0.6 is 23.4 Å². The molecule has 2 rings (SSSR count). The van der Waals surface area contributed by atoms with Crippen molar-refractivity contribution in [3.05, 3.63) is 29.3 Å². The first-order valence-electron chi connectivity index (χ1n) is 7.11. The summed E-state index contributed by atoms with van der Waals surface area (Å²) >= 11 is 7.57. The molecule has 0 aliphatic heterocycles. The van der Waals surface area contributed by atoms with Gasteiger partial charge in [-0.05, 0) is 37.0 Å². The van der Waals surface area contributed by atoms with E-state index in [0.717, 1.165) is 22.8 Å². The van der Waals surface area contributed by atoms with Crippen LogP contribution in [0.15, 0.2) is 29.2 Å². The molecule has 0 spiro atoms. The Morgan fingerprint density at radius 1 is 1.37 bits per heavy atom. The monoisotopic (exact) mass is 296 g/mol. The Kier molecular flexibility index (Phi) is 5.77. The van der Waals surface area contributed by atoms with E-state index >= 15 is 0 Å². The van der Waals surface area contributed by atoms with Crippen LogP contribution in [0.3, 0.4) is 0 Å². The quantitative estimate of drug-likeness (QED) is 0.693. The van der Waals surface area contributed by atoms with Gasteiger partial charge < -0.3 is 0 Å². The normalized spacial score (nSPS) is 23.3. The molecule has 2 atom stereocenters. The standard InChI is InChI=1S/C16H21ClOS/c1-2-12-6-3-4-9-15(12)16(18)11-19-14-8-5-7-13(17)10-14/h5,7-8,10,12,15H,2-4,6,9,11H2,1H3. The van der Waals surface area contributed by atoms with Crippen LogP contribution in [-0.2, 0) is 4.79 Å². The van der Waals surface area contributed by atoms with Crippen LogP contribution in [-0.4, -0.2) is 11.5 Å². The first-order valence-corrected chi connectivity index (χ1v) is 8.48. The third-order valence-corrected chi connectivity index (χ3v) is 5.28. The molecular weight excluding hydrogens is 276 g/mol. The molecule has 1 aromatic carbocycles. The van der Waals surface area contributed by atoms with E-state index in [4.69, 9.17) is 11.6 Å². The average molecular weight is 297 g/mol. The van der Waals surface area contributed by atoms with Gasteiger partial charge in [-0.2, -0.15) is 0 Å².